The summed E-state index contributed by atoms with van der Waals surface area (Å²) in [6.07, 6.45) is 2.13. The molecule has 0 saturated carbocycles. The van der Waals surface area contributed by atoms with Crippen LogP contribution in [0, 0.1) is 5.92 Å². The van der Waals surface area contributed by atoms with Crippen molar-refractivity contribution in [3.63, 3.8) is 0 Å². The Labute approximate surface area is 127 Å². The zero-order valence-electron chi connectivity index (χ0n) is 11.3. The number of hydrogen-bond acceptors (Lipinski definition) is 3. The summed E-state index contributed by atoms with van der Waals surface area (Å²) in [7, 11) is 0. The summed E-state index contributed by atoms with van der Waals surface area (Å²) in [5, 5.41) is 2.98. The van der Waals surface area contributed by atoms with Crippen molar-refractivity contribution in [3.8, 4) is 5.75 Å². The average molecular weight is 339 g/mol. The van der Waals surface area contributed by atoms with Gasteiger partial charge in [0.05, 0.1) is 5.92 Å². The average Bonchev–Trinajstić information content (AvgIpc) is 2.82. The van der Waals surface area contributed by atoms with Gasteiger partial charge in [-0.15, -0.1) is 0 Å². The molecule has 0 spiro atoms. The highest BCUT2D eigenvalue weighted by molar-refractivity contribution is 9.10. The van der Waals surface area contributed by atoms with Crippen molar-refractivity contribution in [1.29, 1.82) is 0 Å². The number of likely N-dealkylation sites (tertiary alicyclic amines) is 1. The maximum absolute atomic E-state index is 11.7. The van der Waals surface area contributed by atoms with Crippen LogP contribution in [0.25, 0.3) is 0 Å². The van der Waals surface area contributed by atoms with Crippen LogP contribution in [-0.4, -0.2) is 43.1 Å². The smallest absolute Gasteiger partial charge is 0.224 e. The van der Waals surface area contributed by atoms with Gasteiger partial charge in [-0.25, -0.2) is 0 Å². The summed E-state index contributed by atoms with van der Waals surface area (Å²) in [6.45, 7) is 3.40. The van der Waals surface area contributed by atoms with Crippen molar-refractivity contribution in [2.24, 2.45) is 5.92 Å². The SMILES string of the molecule is O=C1NCC2C1CCCN2CCOc1cccc(Br)c1. The second-order valence-corrected chi connectivity index (χ2v) is 6.32. The fourth-order valence-electron chi connectivity index (χ4n) is 3.16. The van der Waals surface area contributed by atoms with E-state index in [0.717, 1.165) is 42.7 Å². The van der Waals surface area contributed by atoms with Gasteiger partial charge >= 0.3 is 0 Å². The van der Waals surface area contributed by atoms with Crippen molar-refractivity contribution in [3.05, 3.63) is 28.7 Å². The van der Waals surface area contributed by atoms with E-state index in [2.05, 4.69) is 26.1 Å². The summed E-state index contributed by atoms with van der Waals surface area (Å²) in [5.74, 6) is 1.30. The maximum Gasteiger partial charge on any atom is 0.224 e. The van der Waals surface area contributed by atoms with Gasteiger partial charge in [0, 0.05) is 23.6 Å². The number of nitrogens with zero attached hydrogens (tertiary/aromatic N) is 1. The molecule has 1 amide bonds. The minimum atomic E-state index is 0.189. The molecular formula is C15H19BrN2O2. The molecule has 2 aliphatic rings. The van der Waals surface area contributed by atoms with E-state index in [4.69, 9.17) is 4.74 Å². The van der Waals surface area contributed by atoms with Crippen LogP contribution in [0.5, 0.6) is 5.75 Å². The van der Waals surface area contributed by atoms with Crippen LogP contribution in [0.2, 0.25) is 0 Å². The molecule has 1 aromatic rings. The zero-order chi connectivity index (χ0) is 13.9. The molecule has 0 aromatic heterocycles. The van der Waals surface area contributed by atoms with Crippen LogP contribution in [0.4, 0.5) is 0 Å². The van der Waals surface area contributed by atoms with Crippen molar-refractivity contribution >= 4 is 21.8 Å². The molecule has 2 fully saturated rings. The Bertz CT molecular complexity index is 495. The fourth-order valence-corrected chi connectivity index (χ4v) is 3.53. The van der Waals surface area contributed by atoms with Crippen molar-refractivity contribution in [2.75, 3.05) is 26.2 Å². The van der Waals surface area contributed by atoms with Gasteiger partial charge in [-0.3, -0.25) is 9.69 Å². The lowest BCUT2D eigenvalue weighted by Crippen LogP contribution is -2.47. The molecule has 108 valence electrons. The molecule has 2 heterocycles. The minimum Gasteiger partial charge on any atom is -0.492 e. The number of hydrogen-bond donors (Lipinski definition) is 1. The Morgan fingerprint density at radius 3 is 3.20 bits per heavy atom. The van der Waals surface area contributed by atoms with Gasteiger partial charge in [0.2, 0.25) is 5.91 Å². The Hall–Kier alpha value is -1.07. The Morgan fingerprint density at radius 2 is 2.35 bits per heavy atom. The third-order valence-electron chi connectivity index (χ3n) is 4.16. The van der Waals surface area contributed by atoms with E-state index in [-0.39, 0.29) is 11.8 Å². The molecule has 0 radical (unpaired) electrons. The number of carbonyl (C=O) groups excluding carboxylic acids is 1. The lowest BCUT2D eigenvalue weighted by molar-refractivity contribution is -0.124. The number of nitrogens with one attached hydrogen (secondary N) is 1. The number of ether oxygens (including phenoxy) is 1. The number of halogens is 1. The van der Waals surface area contributed by atoms with Crippen LogP contribution in [-0.2, 0) is 4.79 Å². The first-order valence-electron chi connectivity index (χ1n) is 7.14. The van der Waals surface area contributed by atoms with Gasteiger partial charge < -0.3 is 10.1 Å². The lowest BCUT2D eigenvalue weighted by atomic mass is 9.91. The van der Waals surface area contributed by atoms with Crippen LogP contribution in [0.15, 0.2) is 28.7 Å². The number of piperidine rings is 1. The molecule has 1 N–H and O–H groups in total. The van der Waals surface area contributed by atoms with E-state index in [1.807, 2.05) is 24.3 Å². The maximum atomic E-state index is 11.7. The first-order valence-corrected chi connectivity index (χ1v) is 7.93. The summed E-state index contributed by atoms with van der Waals surface area (Å²) < 4.78 is 6.81. The first kappa shape index (κ1) is 13.9. The lowest BCUT2D eigenvalue weighted by Gasteiger charge is -2.35. The second kappa shape index (κ2) is 6.14. The number of carbonyl (C=O) groups is 1. The standard InChI is InChI=1S/C15H19BrN2O2/c16-11-3-1-4-12(9-11)20-8-7-18-6-2-5-13-14(18)10-17-15(13)19/h1,3-4,9,13-14H,2,5-8,10H2,(H,17,19). The van der Waals surface area contributed by atoms with Crippen LogP contribution < -0.4 is 10.1 Å². The summed E-state index contributed by atoms with van der Waals surface area (Å²) >= 11 is 3.44. The quantitative estimate of drug-likeness (QED) is 0.913. The molecule has 5 heteroatoms. The van der Waals surface area contributed by atoms with Gasteiger partial charge in [0.1, 0.15) is 12.4 Å². The fraction of sp³-hybridized carbons (Fsp3) is 0.533. The predicted molar refractivity (Wildman–Crippen MR) is 80.7 cm³/mol. The second-order valence-electron chi connectivity index (χ2n) is 5.40. The minimum absolute atomic E-state index is 0.189. The number of amides is 1. The number of rotatable bonds is 4. The summed E-state index contributed by atoms with van der Waals surface area (Å²) in [4.78, 5) is 14.1. The largest absolute Gasteiger partial charge is 0.492 e. The molecule has 3 rings (SSSR count). The van der Waals surface area contributed by atoms with E-state index in [1.165, 1.54) is 0 Å². The van der Waals surface area contributed by atoms with E-state index in [0.29, 0.717) is 12.6 Å². The summed E-state index contributed by atoms with van der Waals surface area (Å²) in [6, 6.07) is 8.25. The van der Waals surface area contributed by atoms with E-state index >= 15 is 0 Å². The molecule has 1 aromatic carbocycles. The van der Waals surface area contributed by atoms with Gasteiger partial charge in [-0.05, 0) is 37.6 Å². The molecule has 2 aliphatic heterocycles. The molecule has 20 heavy (non-hydrogen) atoms. The predicted octanol–water partition coefficient (Wildman–Crippen LogP) is 2.04. The third-order valence-corrected chi connectivity index (χ3v) is 4.65. The number of fused-ring (bicyclic) bond motifs is 1. The summed E-state index contributed by atoms with van der Waals surface area (Å²) in [5.41, 5.74) is 0. The molecular weight excluding hydrogens is 320 g/mol. The van der Waals surface area contributed by atoms with Crippen molar-refractivity contribution in [2.45, 2.75) is 18.9 Å². The molecule has 2 saturated heterocycles. The first-order chi connectivity index (χ1) is 9.74. The van der Waals surface area contributed by atoms with E-state index in [9.17, 15) is 4.79 Å². The Kier molecular flexibility index (Phi) is 4.27. The molecule has 2 unspecified atom stereocenters. The van der Waals surface area contributed by atoms with E-state index in [1.54, 1.807) is 0 Å². The van der Waals surface area contributed by atoms with Gasteiger partial charge in [-0.2, -0.15) is 0 Å². The molecule has 0 aliphatic carbocycles. The van der Waals surface area contributed by atoms with Crippen LogP contribution in [0.3, 0.4) is 0 Å². The van der Waals surface area contributed by atoms with Gasteiger partial charge in [0.25, 0.3) is 0 Å². The molecule has 0 bridgehead atoms. The Balaban J connectivity index is 1.52. The van der Waals surface area contributed by atoms with Crippen LogP contribution >= 0.6 is 15.9 Å². The highest BCUT2D eigenvalue weighted by Crippen LogP contribution is 2.27. The normalized spacial score (nSPS) is 26.1. The van der Waals surface area contributed by atoms with Crippen LogP contribution in [0.1, 0.15) is 12.8 Å². The third kappa shape index (κ3) is 2.99. The topological polar surface area (TPSA) is 41.6 Å². The van der Waals surface area contributed by atoms with Gasteiger partial charge in [0.15, 0.2) is 0 Å². The molecule has 2 atom stereocenters. The highest BCUT2D eigenvalue weighted by Gasteiger charge is 2.40. The van der Waals surface area contributed by atoms with Crippen molar-refractivity contribution < 1.29 is 9.53 Å². The molecule has 4 nitrogen and oxygen atoms in total. The van der Waals surface area contributed by atoms with Crippen molar-refractivity contribution in [1.82, 2.24) is 10.2 Å². The monoisotopic (exact) mass is 338 g/mol. The highest BCUT2D eigenvalue weighted by atomic mass is 79.9. The Morgan fingerprint density at radius 1 is 1.45 bits per heavy atom. The van der Waals surface area contributed by atoms with Gasteiger partial charge in [-0.1, -0.05) is 22.0 Å². The zero-order valence-corrected chi connectivity index (χ0v) is 12.9. The number of benzene rings is 1. The van der Waals surface area contributed by atoms with E-state index < -0.39 is 0 Å².